The predicted molar refractivity (Wildman–Crippen MR) is 77.6 cm³/mol. The summed E-state index contributed by atoms with van der Waals surface area (Å²) < 4.78 is 0. The average Bonchev–Trinajstić information content (AvgIpc) is 2.48. The molecule has 4 heteroatoms. The smallest absolute Gasteiger partial charge is 0.274 e. The van der Waals surface area contributed by atoms with Crippen molar-refractivity contribution >= 4 is 17.3 Å². The Kier molecular flexibility index (Phi) is 4.13. The van der Waals surface area contributed by atoms with Gasteiger partial charge in [0.2, 0.25) is 0 Å². The molecule has 0 unspecified atom stereocenters. The fourth-order valence-corrected chi connectivity index (χ4v) is 1.81. The monoisotopic (exact) mass is 255 g/mol. The number of hydrogen-bond donors (Lipinski definition) is 2. The van der Waals surface area contributed by atoms with Crippen LogP contribution in [0.5, 0.6) is 0 Å². The highest BCUT2D eigenvalue weighted by Gasteiger charge is 2.09. The summed E-state index contributed by atoms with van der Waals surface area (Å²) in [5, 5.41) is 5.86. The van der Waals surface area contributed by atoms with Crippen molar-refractivity contribution in [3.05, 3.63) is 53.9 Å². The molecule has 19 heavy (non-hydrogen) atoms. The maximum atomic E-state index is 12.1. The molecule has 0 atom stereocenters. The number of hydrogen-bond acceptors (Lipinski definition) is 3. The van der Waals surface area contributed by atoms with Crippen molar-refractivity contribution in [1.29, 1.82) is 0 Å². The molecular weight excluding hydrogens is 238 g/mol. The number of aromatic nitrogens is 1. The van der Waals surface area contributed by atoms with Crippen molar-refractivity contribution in [2.75, 3.05) is 17.7 Å². The van der Waals surface area contributed by atoms with Crippen LogP contribution in [0, 0.1) is 0 Å². The largest absolute Gasteiger partial charge is 0.387 e. The molecule has 1 heterocycles. The molecule has 0 saturated heterocycles. The maximum Gasteiger partial charge on any atom is 0.274 e. The van der Waals surface area contributed by atoms with Gasteiger partial charge in [0.1, 0.15) is 5.69 Å². The quantitative estimate of drug-likeness (QED) is 0.883. The van der Waals surface area contributed by atoms with Crippen LogP contribution in [-0.4, -0.2) is 17.9 Å². The molecule has 98 valence electrons. The third-order valence-electron chi connectivity index (χ3n) is 2.93. The summed E-state index contributed by atoms with van der Waals surface area (Å²) in [7, 11) is 1.81. The number of carbonyl (C=O) groups is 1. The van der Waals surface area contributed by atoms with Crippen LogP contribution < -0.4 is 10.6 Å². The van der Waals surface area contributed by atoms with Crippen molar-refractivity contribution in [1.82, 2.24) is 4.98 Å². The Labute approximate surface area is 112 Å². The summed E-state index contributed by atoms with van der Waals surface area (Å²) in [6.45, 7) is 2.06. The number of nitrogens with zero attached hydrogens (tertiary/aromatic N) is 1. The number of para-hydroxylation sites is 1. The van der Waals surface area contributed by atoms with E-state index in [1.54, 1.807) is 12.3 Å². The number of anilines is 2. The normalized spacial score (nSPS) is 10.0. The second-order valence-electron chi connectivity index (χ2n) is 4.15. The van der Waals surface area contributed by atoms with Gasteiger partial charge < -0.3 is 10.6 Å². The molecule has 0 saturated carbocycles. The Morgan fingerprint density at radius 2 is 2.00 bits per heavy atom. The van der Waals surface area contributed by atoms with Gasteiger partial charge in [0.05, 0.1) is 11.9 Å². The summed E-state index contributed by atoms with van der Waals surface area (Å²) >= 11 is 0. The molecule has 0 bridgehead atoms. The van der Waals surface area contributed by atoms with Gasteiger partial charge in [0.25, 0.3) is 5.91 Å². The molecule has 0 fully saturated rings. The van der Waals surface area contributed by atoms with Crippen molar-refractivity contribution in [3.63, 3.8) is 0 Å². The van der Waals surface area contributed by atoms with E-state index in [1.807, 2.05) is 37.4 Å². The van der Waals surface area contributed by atoms with Crippen molar-refractivity contribution in [2.45, 2.75) is 13.3 Å². The highest BCUT2D eigenvalue weighted by Crippen LogP contribution is 2.16. The number of pyridine rings is 1. The van der Waals surface area contributed by atoms with E-state index in [0.29, 0.717) is 5.69 Å². The van der Waals surface area contributed by atoms with Crippen molar-refractivity contribution in [2.24, 2.45) is 0 Å². The minimum atomic E-state index is -0.191. The standard InChI is InChI=1S/C15H17N3O/c1-3-11-6-4-5-7-13(11)18-15(19)14-9-8-12(16-2)10-17-14/h4-10,16H,3H2,1-2H3,(H,18,19). The van der Waals surface area contributed by atoms with E-state index in [2.05, 4.69) is 22.5 Å². The van der Waals surface area contributed by atoms with E-state index in [4.69, 9.17) is 0 Å². The van der Waals surface area contributed by atoms with E-state index in [1.165, 1.54) is 0 Å². The molecule has 0 aliphatic heterocycles. The average molecular weight is 255 g/mol. The van der Waals surface area contributed by atoms with Gasteiger partial charge in [-0.25, -0.2) is 4.98 Å². The van der Waals surface area contributed by atoms with Gasteiger partial charge >= 0.3 is 0 Å². The first kappa shape index (κ1) is 13.1. The van der Waals surface area contributed by atoms with Gasteiger partial charge in [-0.05, 0) is 30.2 Å². The fraction of sp³-hybridized carbons (Fsp3) is 0.200. The summed E-state index contributed by atoms with van der Waals surface area (Å²) in [5.41, 5.74) is 3.24. The maximum absolute atomic E-state index is 12.1. The Hall–Kier alpha value is -2.36. The number of benzene rings is 1. The van der Waals surface area contributed by atoms with Crippen molar-refractivity contribution in [3.8, 4) is 0 Å². The Balaban J connectivity index is 2.16. The lowest BCUT2D eigenvalue weighted by Crippen LogP contribution is -2.14. The molecule has 2 aromatic rings. The first-order valence-electron chi connectivity index (χ1n) is 6.27. The SMILES string of the molecule is CCc1ccccc1NC(=O)c1ccc(NC)cn1. The Morgan fingerprint density at radius 1 is 1.21 bits per heavy atom. The minimum Gasteiger partial charge on any atom is -0.387 e. The Morgan fingerprint density at radius 3 is 2.63 bits per heavy atom. The minimum absolute atomic E-state index is 0.191. The zero-order chi connectivity index (χ0) is 13.7. The van der Waals surface area contributed by atoms with Gasteiger partial charge in [0, 0.05) is 12.7 Å². The summed E-state index contributed by atoms with van der Waals surface area (Å²) in [6.07, 6.45) is 2.52. The van der Waals surface area contributed by atoms with Crippen LogP contribution in [0.3, 0.4) is 0 Å². The molecule has 0 aliphatic rings. The van der Waals surface area contributed by atoms with Gasteiger partial charge in [0.15, 0.2) is 0 Å². The first-order valence-corrected chi connectivity index (χ1v) is 6.27. The molecule has 1 amide bonds. The van der Waals surface area contributed by atoms with E-state index < -0.39 is 0 Å². The van der Waals surface area contributed by atoms with Crippen LogP contribution in [0.15, 0.2) is 42.6 Å². The van der Waals surface area contributed by atoms with Crippen LogP contribution in [0.25, 0.3) is 0 Å². The van der Waals surface area contributed by atoms with Crippen LogP contribution in [0.2, 0.25) is 0 Å². The summed E-state index contributed by atoms with van der Waals surface area (Å²) in [6, 6.07) is 11.3. The lowest BCUT2D eigenvalue weighted by atomic mass is 10.1. The van der Waals surface area contributed by atoms with Crippen LogP contribution >= 0.6 is 0 Å². The number of amides is 1. The zero-order valence-electron chi connectivity index (χ0n) is 11.1. The van der Waals surface area contributed by atoms with E-state index in [0.717, 1.165) is 23.4 Å². The molecule has 0 spiro atoms. The van der Waals surface area contributed by atoms with Crippen molar-refractivity contribution < 1.29 is 4.79 Å². The van der Waals surface area contributed by atoms with Gasteiger partial charge in [-0.3, -0.25) is 4.79 Å². The number of nitrogens with one attached hydrogen (secondary N) is 2. The third-order valence-corrected chi connectivity index (χ3v) is 2.93. The third kappa shape index (κ3) is 3.10. The highest BCUT2D eigenvalue weighted by molar-refractivity contribution is 6.03. The number of aryl methyl sites for hydroxylation is 1. The molecule has 0 aliphatic carbocycles. The first-order chi connectivity index (χ1) is 9.24. The lowest BCUT2D eigenvalue weighted by Gasteiger charge is -2.09. The molecular formula is C15H17N3O. The molecule has 2 N–H and O–H groups in total. The van der Waals surface area contributed by atoms with Gasteiger partial charge in [-0.15, -0.1) is 0 Å². The summed E-state index contributed by atoms with van der Waals surface area (Å²) in [4.78, 5) is 16.2. The highest BCUT2D eigenvalue weighted by atomic mass is 16.1. The number of carbonyl (C=O) groups excluding carboxylic acids is 1. The predicted octanol–water partition coefficient (Wildman–Crippen LogP) is 2.94. The second-order valence-corrected chi connectivity index (χ2v) is 4.15. The van der Waals surface area contributed by atoms with E-state index in [-0.39, 0.29) is 5.91 Å². The Bertz CT molecular complexity index is 564. The van der Waals surface area contributed by atoms with Crippen LogP contribution in [0.4, 0.5) is 11.4 Å². The van der Waals surface area contributed by atoms with Crippen LogP contribution in [0.1, 0.15) is 23.0 Å². The molecule has 1 aromatic carbocycles. The molecule has 2 rings (SSSR count). The molecule has 0 radical (unpaired) electrons. The fourth-order valence-electron chi connectivity index (χ4n) is 1.81. The van der Waals surface area contributed by atoms with E-state index in [9.17, 15) is 4.79 Å². The molecule has 1 aromatic heterocycles. The van der Waals surface area contributed by atoms with Gasteiger partial charge in [-0.1, -0.05) is 25.1 Å². The summed E-state index contributed by atoms with van der Waals surface area (Å²) in [5.74, 6) is -0.191. The lowest BCUT2D eigenvalue weighted by molar-refractivity contribution is 0.102. The zero-order valence-corrected chi connectivity index (χ0v) is 11.1. The topological polar surface area (TPSA) is 54.0 Å². The second kappa shape index (κ2) is 6.00. The van der Waals surface area contributed by atoms with E-state index >= 15 is 0 Å². The molecule has 4 nitrogen and oxygen atoms in total. The van der Waals surface area contributed by atoms with Crippen LogP contribution in [-0.2, 0) is 6.42 Å². The van der Waals surface area contributed by atoms with Gasteiger partial charge in [-0.2, -0.15) is 0 Å². The number of rotatable bonds is 4.